The Labute approximate surface area is 67.5 Å². The molecule has 42 valence electrons. The van der Waals surface area contributed by atoms with E-state index in [2.05, 4.69) is 0 Å². The van der Waals surface area contributed by atoms with E-state index in [-0.39, 0.29) is 40.5 Å². The first kappa shape index (κ1) is 15.8. The van der Waals surface area contributed by atoms with Crippen molar-refractivity contribution in [1.82, 2.24) is 0 Å². The molecule has 0 aliphatic rings. The molecule has 0 radical (unpaired) electrons. The summed E-state index contributed by atoms with van der Waals surface area (Å²) in [6.45, 7) is 0. The summed E-state index contributed by atoms with van der Waals surface area (Å²) in [5.41, 5.74) is 0. The topological polar surface area (TPSA) is 77.8 Å². The van der Waals surface area contributed by atoms with Gasteiger partial charge in [0, 0.05) is 0 Å². The van der Waals surface area contributed by atoms with Crippen LogP contribution in [0.4, 0.5) is 0 Å². The second-order valence-corrected chi connectivity index (χ2v) is 1.54. The zero-order valence-electron chi connectivity index (χ0n) is 2.20. The van der Waals surface area contributed by atoms with Gasteiger partial charge in [0.15, 0.2) is 0 Å². The van der Waals surface area contributed by atoms with Crippen molar-refractivity contribution in [2.75, 3.05) is 0 Å². The Bertz CT molecular complexity index is 57.8. The molecule has 0 heterocycles. The van der Waals surface area contributed by atoms with Gasteiger partial charge >= 0.3 is 37.4 Å². The molecule has 0 aromatic heterocycles. The molecule has 0 aromatic carbocycles. The van der Waals surface area contributed by atoms with E-state index in [1.807, 2.05) is 0 Å². The number of rotatable bonds is 0. The van der Waals surface area contributed by atoms with Crippen LogP contribution >= 0.6 is 7.82 Å². The van der Waals surface area contributed by atoms with Gasteiger partial charge < -0.3 is 14.7 Å². The van der Waals surface area contributed by atoms with Gasteiger partial charge in [0.1, 0.15) is 0 Å². The van der Waals surface area contributed by atoms with Gasteiger partial charge in [-0.25, -0.2) is 4.57 Å². The first-order chi connectivity index (χ1) is 2.00. The fourth-order valence-corrected chi connectivity index (χ4v) is 0. The molecule has 0 saturated carbocycles. The molecule has 4 nitrogen and oxygen atoms in total. The van der Waals surface area contributed by atoms with Crippen LogP contribution in [0.2, 0.25) is 0 Å². The molecule has 0 aromatic rings. The molecule has 0 atom stereocenters. The maximum atomic E-state index is 8.88. The smallest absolute Gasteiger partial charge is 0.0149 e. The van der Waals surface area contributed by atoms with Crippen molar-refractivity contribution in [2.45, 2.75) is 0 Å². The Kier molecular flexibility index (Phi) is 12.3. The van der Waals surface area contributed by atoms with E-state index in [1.54, 1.807) is 0 Å². The van der Waals surface area contributed by atoms with Crippen LogP contribution in [0.1, 0.15) is 0 Å². The summed E-state index contributed by atoms with van der Waals surface area (Å²) in [4.78, 5) is 21.6. The van der Waals surface area contributed by atoms with E-state index in [0.717, 1.165) is 0 Å². The first-order valence-electron chi connectivity index (χ1n) is 0.783. The molecule has 0 spiro atoms. The van der Waals surface area contributed by atoms with Crippen molar-refractivity contribution >= 4 is 48.3 Å². The van der Waals surface area contributed by atoms with Gasteiger partial charge in [-0.1, -0.05) is 0 Å². The van der Waals surface area contributed by atoms with Gasteiger partial charge in [-0.05, 0) is 11.0 Å². The van der Waals surface area contributed by atoms with Crippen molar-refractivity contribution in [1.29, 1.82) is 0 Å². The Morgan fingerprint density at radius 1 is 1.14 bits per heavy atom. The molecule has 0 aliphatic carbocycles. The normalized spacial score (nSPS) is 8.43. The van der Waals surface area contributed by atoms with Crippen LogP contribution in [0.3, 0.4) is 0 Å². The van der Waals surface area contributed by atoms with Crippen molar-refractivity contribution in [2.24, 2.45) is 0 Å². The van der Waals surface area contributed by atoms with E-state index in [1.165, 1.54) is 0 Å². The van der Waals surface area contributed by atoms with Gasteiger partial charge in [-0.3, -0.25) is 0 Å². The molecule has 0 saturated heterocycles. The van der Waals surface area contributed by atoms with Crippen molar-refractivity contribution in [3.63, 3.8) is 0 Å². The fraction of sp³-hybridized carbons (Fsp3) is 0. The maximum absolute atomic E-state index is 8.88. The zero-order chi connectivity index (χ0) is 4.50. The summed E-state index contributed by atoms with van der Waals surface area (Å²) in [7, 11) is -4.64. The largest absolute Gasteiger partial charge is 0.0149 e. The molecule has 7 heavy (non-hydrogen) atoms. The van der Waals surface area contributed by atoms with Gasteiger partial charge in [-0.15, -0.1) is 0 Å². The quantitative estimate of drug-likeness (QED) is 0.256. The third-order valence-electron chi connectivity index (χ3n) is 0. The van der Waals surface area contributed by atoms with Crippen LogP contribution < -0.4 is 0 Å². The molecule has 0 rings (SSSR count). The van der Waals surface area contributed by atoms with Crippen LogP contribution in [0, 0.1) is 0 Å². The van der Waals surface area contributed by atoms with Gasteiger partial charge in [0.2, 0.25) is 0 Å². The SMILES string of the molecule is O=P(O)(O)O.[NaH].[SiH4]. The van der Waals surface area contributed by atoms with E-state index in [0.29, 0.717) is 0 Å². The summed E-state index contributed by atoms with van der Waals surface area (Å²) >= 11 is 0. The van der Waals surface area contributed by atoms with Gasteiger partial charge in [0.05, 0.1) is 0 Å². The summed E-state index contributed by atoms with van der Waals surface area (Å²) in [6, 6.07) is 0. The Morgan fingerprint density at radius 3 is 1.14 bits per heavy atom. The third-order valence-corrected chi connectivity index (χ3v) is 0. The third kappa shape index (κ3) is 118. The minimum atomic E-state index is -4.64. The van der Waals surface area contributed by atoms with Crippen LogP contribution in [0.5, 0.6) is 0 Å². The Hall–Kier alpha value is 1.33. The Balaban J connectivity index is -0.0000000800. The van der Waals surface area contributed by atoms with Crippen molar-refractivity contribution in [3.8, 4) is 0 Å². The first-order valence-corrected chi connectivity index (χ1v) is 2.35. The maximum Gasteiger partial charge on any atom is -0.0149 e. The zero-order valence-corrected chi connectivity index (χ0v) is 3.09. The van der Waals surface area contributed by atoms with Crippen LogP contribution in [-0.4, -0.2) is 55.2 Å². The Morgan fingerprint density at radius 2 is 1.14 bits per heavy atom. The van der Waals surface area contributed by atoms with E-state index < -0.39 is 7.82 Å². The number of hydrogen-bond acceptors (Lipinski definition) is 1. The van der Waals surface area contributed by atoms with E-state index in [9.17, 15) is 0 Å². The molecule has 0 amide bonds. The minimum Gasteiger partial charge on any atom is -0.0149 e. The molecule has 0 unspecified atom stereocenters. The summed E-state index contributed by atoms with van der Waals surface area (Å²) in [5, 5.41) is 0. The van der Waals surface area contributed by atoms with Crippen molar-refractivity contribution in [3.05, 3.63) is 0 Å². The minimum absolute atomic E-state index is 0. The summed E-state index contributed by atoms with van der Waals surface area (Å²) < 4.78 is 8.88. The average Bonchev–Trinajstić information content (AvgIpc) is 0.722. The van der Waals surface area contributed by atoms with E-state index >= 15 is 0 Å². The molecule has 0 bridgehead atoms. The summed E-state index contributed by atoms with van der Waals surface area (Å²) in [5.74, 6) is 0. The predicted octanol–water partition coefficient (Wildman–Crippen LogP) is -3.03. The molecule has 3 N–H and O–H groups in total. The number of hydrogen-bond donors (Lipinski definition) is 3. The summed E-state index contributed by atoms with van der Waals surface area (Å²) in [6.07, 6.45) is 0. The monoisotopic (exact) mass is 154 g/mol. The molecule has 7 heteroatoms. The van der Waals surface area contributed by atoms with Gasteiger partial charge in [-0.2, -0.15) is 0 Å². The average molecular weight is 154 g/mol. The number of phosphoric acid groups is 1. The second-order valence-electron chi connectivity index (χ2n) is 0.513. The van der Waals surface area contributed by atoms with Gasteiger partial charge in [0.25, 0.3) is 0 Å². The standard InChI is InChI=1S/Na.H3O4P.H4Si.H/c;1-5(2,3)4;;/h;(H3,1,2,3,4);1H4;. The van der Waals surface area contributed by atoms with Crippen LogP contribution in [0.15, 0.2) is 0 Å². The molecular formula is H8NaO4PSi. The van der Waals surface area contributed by atoms with Crippen LogP contribution in [-0.2, 0) is 4.57 Å². The predicted molar refractivity (Wildman–Crippen MR) is 32.7 cm³/mol. The molecule has 0 fully saturated rings. The second kappa shape index (κ2) is 5.46. The fourth-order valence-electron chi connectivity index (χ4n) is 0. The van der Waals surface area contributed by atoms with E-state index in [4.69, 9.17) is 19.2 Å². The van der Waals surface area contributed by atoms with Crippen LogP contribution in [0.25, 0.3) is 0 Å². The van der Waals surface area contributed by atoms with Crippen molar-refractivity contribution < 1.29 is 19.2 Å². The molecular weight excluding hydrogens is 146 g/mol. The molecule has 0 aliphatic heterocycles.